The number of ketones is 1. The fourth-order valence-corrected chi connectivity index (χ4v) is 2.56. The molecule has 0 heterocycles. The van der Waals surface area contributed by atoms with Gasteiger partial charge >= 0.3 is 0 Å². The van der Waals surface area contributed by atoms with Gasteiger partial charge in [0.05, 0.1) is 4.92 Å². The Morgan fingerprint density at radius 1 is 1.04 bits per heavy atom. The van der Waals surface area contributed by atoms with Crippen LogP contribution in [0.3, 0.4) is 0 Å². The molecule has 2 aromatic carbocycles. The summed E-state index contributed by atoms with van der Waals surface area (Å²) in [6.45, 7) is 6.21. The summed E-state index contributed by atoms with van der Waals surface area (Å²) in [6.07, 6.45) is 1.77. The number of carbonyl (C=O) groups is 1. The molecule has 0 N–H and O–H groups in total. The average Bonchev–Trinajstić information content (AvgIpc) is 2.58. The molecule has 0 unspecified atom stereocenters. The molecule has 0 aromatic heterocycles. The number of allylic oxidation sites excluding steroid dienone is 1. The monoisotopic (exact) mass is 349 g/mol. The molecule has 0 atom stereocenters. The first-order chi connectivity index (χ1) is 11.8. The van der Waals surface area contributed by atoms with E-state index in [4.69, 9.17) is 0 Å². The Hall–Kier alpha value is -2.97. The van der Waals surface area contributed by atoms with Gasteiger partial charge in [-0.25, -0.2) is 0 Å². The maximum Gasteiger partial charge on any atom is 0.269 e. The third kappa shape index (κ3) is 5.55. The van der Waals surface area contributed by atoms with Crippen molar-refractivity contribution >= 4 is 31.2 Å². The van der Waals surface area contributed by atoms with Gasteiger partial charge in [0.25, 0.3) is 5.69 Å². The SMILES string of the molecule is C[Si](C)(C)C#CC(=O)/C(=C/c1ccccc1)c1ccc([N+](=O)[O-])cc1. The van der Waals surface area contributed by atoms with Gasteiger partial charge in [0.1, 0.15) is 8.07 Å². The molecule has 0 bridgehead atoms. The van der Waals surface area contributed by atoms with E-state index in [1.807, 2.05) is 30.3 Å². The number of nitro benzene ring substituents is 1. The molecular weight excluding hydrogens is 330 g/mol. The number of carbonyl (C=O) groups excluding carboxylic acids is 1. The molecular formula is C20H19NO3Si. The van der Waals surface area contributed by atoms with Crippen molar-refractivity contribution in [2.45, 2.75) is 19.6 Å². The lowest BCUT2D eigenvalue weighted by Gasteiger charge is -2.06. The van der Waals surface area contributed by atoms with Gasteiger partial charge in [-0.1, -0.05) is 50.0 Å². The summed E-state index contributed by atoms with van der Waals surface area (Å²) in [4.78, 5) is 23.0. The van der Waals surface area contributed by atoms with Crippen LogP contribution in [-0.4, -0.2) is 18.8 Å². The lowest BCUT2D eigenvalue weighted by atomic mass is 9.99. The van der Waals surface area contributed by atoms with Crippen LogP contribution in [-0.2, 0) is 4.79 Å². The second-order valence-corrected chi connectivity index (χ2v) is 11.4. The number of Topliss-reactive ketones (excluding diaryl/α,β-unsaturated/α-hetero) is 1. The first-order valence-electron chi connectivity index (χ1n) is 7.85. The molecule has 0 aliphatic carbocycles. The first kappa shape index (κ1) is 18.4. The van der Waals surface area contributed by atoms with Crippen molar-refractivity contribution in [2.75, 3.05) is 0 Å². The van der Waals surface area contributed by atoms with Crippen molar-refractivity contribution < 1.29 is 9.72 Å². The molecule has 0 aliphatic rings. The Morgan fingerprint density at radius 2 is 1.64 bits per heavy atom. The quantitative estimate of drug-likeness (QED) is 0.203. The largest absolute Gasteiger partial charge is 0.279 e. The van der Waals surface area contributed by atoms with Crippen molar-refractivity contribution in [2.24, 2.45) is 0 Å². The van der Waals surface area contributed by atoms with Crippen LogP contribution in [0, 0.1) is 21.6 Å². The number of benzene rings is 2. The van der Waals surface area contributed by atoms with Crippen LogP contribution in [0.1, 0.15) is 11.1 Å². The normalized spacial score (nSPS) is 11.4. The zero-order valence-corrected chi connectivity index (χ0v) is 15.4. The molecule has 2 rings (SSSR count). The summed E-state index contributed by atoms with van der Waals surface area (Å²) in [7, 11) is -1.68. The Bertz CT molecular complexity index is 867. The number of non-ortho nitro benzene ring substituents is 1. The summed E-state index contributed by atoms with van der Waals surface area (Å²) in [6, 6.07) is 15.4. The molecule has 0 saturated heterocycles. The second kappa shape index (κ2) is 7.73. The molecule has 0 aliphatic heterocycles. The molecule has 2 aromatic rings. The summed E-state index contributed by atoms with van der Waals surface area (Å²) >= 11 is 0. The van der Waals surface area contributed by atoms with E-state index < -0.39 is 13.0 Å². The summed E-state index contributed by atoms with van der Waals surface area (Å²) in [5, 5.41) is 10.8. The van der Waals surface area contributed by atoms with Crippen LogP contribution in [0.5, 0.6) is 0 Å². The van der Waals surface area contributed by atoms with E-state index in [0.717, 1.165) is 5.56 Å². The van der Waals surface area contributed by atoms with Gasteiger partial charge in [0.15, 0.2) is 0 Å². The number of nitro groups is 1. The molecule has 0 fully saturated rings. The fourth-order valence-electron chi connectivity index (χ4n) is 2.07. The standard InChI is InChI=1S/C20H19NO3Si/c1-25(2,3)14-13-20(22)19(15-16-7-5-4-6-8-16)17-9-11-18(12-10-17)21(23)24/h4-12,15H,1-3H3/b19-15+. The molecule has 4 nitrogen and oxygen atoms in total. The van der Waals surface area contributed by atoms with E-state index in [1.165, 1.54) is 12.1 Å². The van der Waals surface area contributed by atoms with Gasteiger partial charge in [-0.3, -0.25) is 14.9 Å². The second-order valence-electron chi connectivity index (χ2n) is 6.60. The smallest absolute Gasteiger partial charge is 0.269 e. The molecule has 0 spiro atoms. The minimum atomic E-state index is -1.68. The van der Waals surface area contributed by atoms with Crippen LogP contribution in [0.15, 0.2) is 54.6 Å². The molecule has 0 radical (unpaired) electrons. The first-order valence-corrected chi connectivity index (χ1v) is 11.4. The predicted molar refractivity (Wildman–Crippen MR) is 104 cm³/mol. The van der Waals surface area contributed by atoms with E-state index in [9.17, 15) is 14.9 Å². The van der Waals surface area contributed by atoms with Crippen LogP contribution in [0.4, 0.5) is 5.69 Å². The van der Waals surface area contributed by atoms with Crippen molar-refractivity contribution in [3.05, 3.63) is 75.8 Å². The molecule has 0 amide bonds. The minimum Gasteiger partial charge on any atom is -0.279 e. The lowest BCUT2D eigenvalue weighted by Crippen LogP contribution is -2.17. The van der Waals surface area contributed by atoms with Gasteiger partial charge in [-0.15, -0.1) is 5.54 Å². The zero-order valence-electron chi connectivity index (χ0n) is 14.4. The van der Waals surface area contributed by atoms with Crippen LogP contribution in [0.2, 0.25) is 19.6 Å². The highest BCUT2D eigenvalue weighted by molar-refractivity contribution is 6.84. The number of hydrogen-bond donors (Lipinski definition) is 0. The van der Waals surface area contributed by atoms with E-state index in [0.29, 0.717) is 11.1 Å². The van der Waals surface area contributed by atoms with Crippen molar-refractivity contribution in [1.29, 1.82) is 0 Å². The Morgan fingerprint density at radius 3 is 2.16 bits per heavy atom. The zero-order chi connectivity index (χ0) is 18.4. The summed E-state index contributed by atoms with van der Waals surface area (Å²) < 4.78 is 0. The lowest BCUT2D eigenvalue weighted by molar-refractivity contribution is -0.384. The number of nitrogens with zero attached hydrogens (tertiary/aromatic N) is 1. The van der Waals surface area contributed by atoms with E-state index in [1.54, 1.807) is 18.2 Å². The fraction of sp³-hybridized carbons (Fsp3) is 0.150. The Kier molecular flexibility index (Phi) is 5.68. The molecule has 5 heteroatoms. The molecule has 0 saturated carbocycles. The summed E-state index contributed by atoms with van der Waals surface area (Å²) in [5.41, 5.74) is 4.99. The topological polar surface area (TPSA) is 60.2 Å². The highest BCUT2D eigenvalue weighted by Crippen LogP contribution is 2.22. The predicted octanol–water partition coefficient (Wildman–Crippen LogP) is 4.59. The maximum atomic E-state index is 12.7. The minimum absolute atomic E-state index is 0.0107. The van der Waals surface area contributed by atoms with Crippen LogP contribution < -0.4 is 0 Å². The highest BCUT2D eigenvalue weighted by atomic mass is 28.3. The maximum absolute atomic E-state index is 12.7. The van der Waals surface area contributed by atoms with Gasteiger partial charge in [0.2, 0.25) is 5.78 Å². The highest BCUT2D eigenvalue weighted by Gasteiger charge is 2.14. The van der Waals surface area contributed by atoms with E-state index in [2.05, 4.69) is 31.1 Å². The van der Waals surface area contributed by atoms with Gasteiger partial charge < -0.3 is 0 Å². The number of rotatable bonds is 4. The Labute approximate surface area is 148 Å². The van der Waals surface area contributed by atoms with Gasteiger partial charge in [-0.2, -0.15) is 0 Å². The number of hydrogen-bond acceptors (Lipinski definition) is 3. The molecule has 25 heavy (non-hydrogen) atoms. The van der Waals surface area contributed by atoms with Crippen LogP contribution >= 0.6 is 0 Å². The third-order valence-electron chi connectivity index (χ3n) is 3.30. The van der Waals surface area contributed by atoms with Gasteiger partial charge in [-0.05, 0) is 35.3 Å². The van der Waals surface area contributed by atoms with Crippen molar-refractivity contribution in [3.8, 4) is 11.5 Å². The van der Waals surface area contributed by atoms with E-state index in [-0.39, 0.29) is 11.5 Å². The third-order valence-corrected chi connectivity index (χ3v) is 4.17. The summed E-state index contributed by atoms with van der Waals surface area (Å²) in [5.74, 6) is 2.47. The van der Waals surface area contributed by atoms with E-state index >= 15 is 0 Å². The molecule has 126 valence electrons. The Balaban J connectivity index is 2.48. The van der Waals surface area contributed by atoms with Crippen LogP contribution in [0.25, 0.3) is 11.6 Å². The van der Waals surface area contributed by atoms with Gasteiger partial charge in [0, 0.05) is 17.7 Å². The van der Waals surface area contributed by atoms with Crippen molar-refractivity contribution in [3.63, 3.8) is 0 Å². The average molecular weight is 349 g/mol. The van der Waals surface area contributed by atoms with Crippen molar-refractivity contribution in [1.82, 2.24) is 0 Å².